The smallest absolute Gasteiger partial charge is 0.0689 e. The molecule has 1 aromatic carbocycles. The molecule has 1 unspecified atom stereocenters. The highest BCUT2D eigenvalue weighted by molar-refractivity contribution is 5.14. The second kappa shape index (κ2) is 6.66. The van der Waals surface area contributed by atoms with Crippen LogP contribution in [0.4, 0.5) is 0 Å². The standard InChI is InChI=1S/C14H23NO/c1-12(2)14(16)11-15(3)10-9-13-7-5-4-6-8-13/h4-8,12,14,16H,9-11H2,1-3H3. The van der Waals surface area contributed by atoms with Crippen molar-refractivity contribution in [3.05, 3.63) is 35.9 Å². The van der Waals surface area contributed by atoms with Crippen molar-refractivity contribution in [2.24, 2.45) is 5.92 Å². The van der Waals surface area contributed by atoms with Crippen molar-refractivity contribution in [2.45, 2.75) is 26.4 Å². The first-order valence-electron chi connectivity index (χ1n) is 6.00. The molecule has 2 nitrogen and oxygen atoms in total. The fourth-order valence-electron chi connectivity index (χ4n) is 1.59. The van der Waals surface area contributed by atoms with Crippen LogP contribution in [0.1, 0.15) is 19.4 Å². The predicted molar refractivity (Wildman–Crippen MR) is 68.5 cm³/mol. The monoisotopic (exact) mass is 221 g/mol. The summed E-state index contributed by atoms with van der Waals surface area (Å²) in [4.78, 5) is 2.19. The third kappa shape index (κ3) is 4.77. The molecule has 0 aromatic heterocycles. The van der Waals surface area contributed by atoms with Gasteiger partial charge >= 0.3 is 0 Å². The first kappa shape index (κ1) is 13.2. The van der Waals surface area contributed by atoms with Crippen molar-refractivity contribution in [1.82, 2.24) is 4.90 Å². The SMILES string of the molecule is CC(C)C(O)CN(C)CCc1ccccc1. The zero-order chi connectivity index (χ0) is 12.0. The molecule has 1 atom stereocenters. The third-order valence-corrected chi connectivity index (χ3v) is 2.89. The Labute approximate surface area is 98.9 Å². The molecule has 0 saturated heterocycles. The molecule has 0 aliphatic rings. The maximum Gasteiger partial charge on any atom is 0.0689 e. The summed E-state index contributed by atoms with van der Waals surface area (Å²) in [7, 11) is 2.06. The molecule has 0 bridgehead atoms. The van der Waals surface area contributed by atoms with Gasteiger partial charge in [0.05, 0.1) is 6.10 Å². The summed E-state index contributed by atoms with van der Waals surface area (Å²) < 4.78 is 0. The number of hydrogen-bond donors (Lipinski definition) is 1. The molecule has 0 aliphatic carbocycles. The lowest BCUT2D eigenvalue weighted by Crippen LogP contribution is -2.33. The van der Waals surface area contributed by atoms with Crippen molar-refractivity contribution in [3.63, 3.8) is 0 Å². The van der Waals surface area contributed by atoms with Crippen LogP contribution in [-0.4, -0.2) is 36.2 Å². The molecule has 0 saturated carbocycles. The van der Waals surface area contributed by atoms with Crippen LogP contribution in [0.5, 0.6) is 0 Å². The van der Waals surface area contributed by atoms with Crippen LogP contribution in [-0.2, 0) is 6.42 Å². The fourth-order valence-corrected chi connectivity index (χ4v) is 1.59. The summed E-state index contributed by atoms with van der Waals surface area (Å²) in [5.74, 6) is 0.333. The molecule has 1 N–H and O–H groups in total. The molecule has 2 heteroatoms. The molecular weight excluding hydrogens is 198 g/mol. The van der Waals surface area contributed by atoms with E-state index in [0.29, 0.717) is 5.92 Å². The molecule has 0 fully saturated rings. The van der Waals surface area contributed by atoms with E-state index in [0.717, 1.165) is 19.5 Å². The summed E-state index contributed by atoms with van der Waals surface area (Å²) in [6.07, 6.45) is 0.822. The van der Waals surface area contributed by atoms with Gasteiger partial charge in [-0.2, -0.15) is 0 Å². The van der Waals surface area contributed by atoms with Gasteiger partial charge in [0, 0.05) is 13.1 Å². The van der Waals surface area contributed by atoms with Gasteiger partial charge in [-0.05, 0) is 24.9 Å². The van der Waals surface area contributed by atoms with Crippen LogP contribution >= 0.6 is 0 Å². The van der Waals surface area contributed by atoms with Crippen molar-refractivity contribution in [3.8, 4) is 0 Å². The van der Waals surface area contributed by atoms with Gasteiger partial charge in [-0.15, -0.1) is 0 Å². The minimum absolute atomic E-state index is 0.222. The van der Waals surface area contributed by atoms with E-state index in [2.05, 4.69) is 50.1 Å². The normalized spacial score (nSPS) is 13.4. The van der Waals surface area contributed by atoms with Gasteiger partial charge in [0.15, 0.2) is 0 Å². The Bertz CT molecular complexity index is 284. The second-order valence-electron chi connectivity index (χ2n) is 4.81. The first-order valence-corrected chi connectivity index (χ1v) is 6.00. The summed E-state index contributed by atoms with van der Waals surface area (Å²) in [5, 5.41) is 9.75. The molecule has 16 heavy (non-hydrogen) atoms. The van der Waals surface area contributed by atoms with Crippen molar-refractivity contribution in [1.29, 1.82) is 0 Å². The average molecular weight is 221 g/mol. The summed E-state index contributed by atoms with van der Waals surface area (Å²) in [6.45, 7) is 5.85. The highest BCUT2D eigenvalue weighted by Gasteiger charge is 2.11. The van der Waals surface area contributed by atoms with Gasteiger partial charge in [-0.25, -0.2) is 0 Å². The topological polar surface area (TPSA) is 23.5 Å². The Hall–Kier alpha value is -0.860. The van der Waals surface area contributed by atoms with Crippen molar-refractivity contribution in [2.75, 3.05) is 20.1 Å². The molecule has 0 amide bonds. The van der Waals surface area contributed by atoms with Crippen LogP contribution in [0, 0.1) is 5.92 Å². The minimum atomic E-state index is -0.222. The quantitative estimate of drug-likeness (QED) is 0.796. The zero-order valence-corrected chi connectivity index (χ0v) is 10.6. The fraction of sp³-hybridized carbons (Fsp3) is 0.571. The highest BCUT2D eigenvalue weighted by Crippen LogP contribution is 2.04. The van der Waals surface area contributed by atoms with E-state index in [-0.39, 0.29) is 6.10 Å². The summed E-state index contributed by atoms with van der Waals surface area (Å²) in [5.41, 5.74) is 1.35. The molecular formula is C14H23NO. The van der Waals surface area contributed by atoms with Crippen molar-refractivity contribution >= 4 is 0 Å². The number of hydrogen-bond acceptors (Lipinski definition) is 2. The van der Waals surface area contributed by atoms with Crippen LogP contribution in [0.15, 0.2) is 30.3 Å². The van der Waals surface area contributed by atoms with E-state index in [1.807, 2.05) is 6.07 Å². The molecule has 90 valence electrons. The van der Waals surface area contributed by atoms with E-state index in [1.54, 1.807) is 0 Å². The Morgan fingerprint density at radius 2 is 1.81 bits per heavy atom. The Kier molecular flexibility index (Phi) is 5.50. The van der Waals surface area contributed by atoms with Gasteiger partial charge < -0.3 is 10.0 Å². The number of aliphatic hydroxyl groups is 1. The van der Waals surface area contributed by atoms with Gasteiger partial charge in [-0.1, -0.05) is 44.2 Å². The predicted octanol–water partition coefficient (Wildman–Crippen LogP) is 2.18. The minimum Gasteiger partial charge on any atom is -0.392 e. The van der Waals surface area contributed by atoms with Crippen LogP contribution < -0.4 is 0 Å². The van der Waals surface area contributed by atoms with E-state index >= 15 is 0 Å². The first-order chi connectivity index (χ1) is 7.59. The number of likely N-dealkylation sites (N-methyl/N-ethyl adjacent to an activating group) is 1. The molecule has 0 spiro atoms. The van der Waals surface area contributed by atoms with Gasteiger partial charge in [0.2, 0.25) is 0 Å². The van der Waals surface area contributed by atoms with Crippen LogP contribution in [0.25, 0.3) is 0 Å². The molecule has 0 radical (unpaired) electrons. The van der Waals surface area contributed by atoms with Crippen LogP contribution in [0.3, 0.4) is 0 Å². The van der Waals surface area contributed by atoms with Crippen molar-refractivity contribution < 1.29 is 5.11 Å². The highest BCUT2D eigenvalue weighted by atomic mass is 16.3. The molecule has 0 aliphatic heterocycles. The molecule has 0 heterocycles. The maximum atomic E-state index is 9.75. The van der Waals surface area contributed by atoms with Gasteiger partial charge in [0.25, 0.3) is 0 Å². The van der Waals surface area contributed by atoms with E-state index < -0.39 is 0 Å². The summed E-state index contributed by atoms with van der Waals surface area (Å²) in [6, 6.07) is 10.5. The third-order valence-electron chi connectivity index (χ3n) is 2.89. The van der Waals surface area contributed by atoms with E-state index in [4.69, 9.17) is 0 Å². The lowest BCUT2D eigenvalue weighted by atomic mass is 10.1. The number of nitrogens with zero attached hydrogens (tertiary/aromatic N) is 1. The number of rotatable bonds is 6. The largest absolute Gasteiger partial charge is 0.392 e. The van der Waals surface area contributed by atoms with Gasteiger partial charge in [0.1, 0.15) is 0 Å². The van der Waals surface area contributed by atoms with Crippen LogP contribution in [0.2, 0.25) is 0 Å². The molecule has 1 rings (SSSR count). The van der Waals surface area contributed by atoms with E-state index in [1.165, 1.54) is 5.56 Å². The molecule has 1 aromatic rings. The zero-order valence-electron chi connectivity index (χ0n) is 10.6. The Morgan fingerprint density at radius 1 is 1.19 bits per heavy atom. The van der Waals surface area contributed by atoms with Gasteiger partial charge in [-0.3, -0.25) is 0 Å². The average Bonchev–Trinajstić information content (AvgIpc) is 2.27. The second-order valence-corrected chi connectivity index (χ2v) is 4.81. The summed E-state index contributed by atoms with van der Waals surface area (Å²) >= 11 is 0. The Morgan fingerprint density at radius 3 is 2.38 bits per heavy atom. The number of benzene rings is 1. The van der Waals surface area contributed by atoms with E-state index in [9.17, 15) is 5.11 Å². The lowest BCUT2D eigenvalue weighted by molar-refractivity contribution is 0.0866. The Balaban J connectivity index is 2.28. The maximum absolute atomic E-state index is 9.75. The lowest BCUT2D eigenvalue weighted by Gasteiger charge is -2.22. The number of aliphatic hydroxyl groups excluding tert-OH is 1.